The summed E-state index contributed by atoms with van der Waals surface area (Å²) in [6.45, 7) is 5.61. The van der Waals surface area contributed by atoms with Gasteiger partial charge in [-0.2, -0.15) is 0 Å². The lowest BCUT2D eigenvalue weighted by Gasteiger charge is -2.48. The molecule has 3 aliphatic rings. The molecular weight excluding hydrogens is 216 g/mol. The van der Waals surface area contributed by atoms with Gasteiger partial charge in [0, 0.05) is 12.8 Å². The SMILES string of the molecule is C[C@@H]1CC2(C[C@@H](C)C1(O)C=C1CC1)OCCO2. The van der Waals surface area contributed by atoms with E-state index >= 15 is 0 Å². The summed E-state index contributed by atoms with van der Waals surface area (Å²) in [4.78, 5) is 0. The highest BCUT2D eigenvalue weighted by Gasteiger charge is 2.53. The molecule has 0 unspecified atom stereocenters. The molecule has 17 heavy (non-hydrogen) atoms. The van der Waals surface area contributed by atoms with Crippen LogP contribution in [0.3, 0.4) is 0 Å². The molecule has 1 saturated heterocycles. The average Bonchev–Trinajstić information content (AvgIpc) is 2.96. The summed E-state index contributed by atoms with van der Waals surface area (Å²) in [5, 5.41) is 10.9. The lowest BCUT2D eigenvalue weighted by molar-refractivity contribution is -0.228. The molecule has 1 spiro atoms. The van der Waals surface area contributed by atoms with Gasteiger partial charge in [0.2, 0.25) is 0 Å². The summed E-state index contributed by atoms with van der Waals surface area (Å²) in [5.74, 6) is -0.0254. The van der Waals surface area contributed by atoms with Gasteiger partial charge in [-0.05, 0) is 24.7 Å². The van der Waals surface area contributed by atoms with Crippen LogP contribution >= 0.6 is 0 Å². The van der Waals surface area contributed by atoms with Gasteiger partial charge >= 0.3 is 0 Å². The Kier molecular flexibility index (Phi) is 2.62. The quantitative estimate of drug-likeness (QED) is 0.712. The zero-order chi connectivity index (χ0) is 12.1. The normalized spacial score (nSPS) is 44.1. The van der Waals surface area contributed by atoms with Crippen LogP contribution in [-0.2, 0) is 9.47 Å². The van der Waals surface area contributed by atoms with Gasteiger partial charge in [0.1, 0.15) is 0 Å². The molecule has 3 heteroatoms. The summed E-state index contributed by atoms with van der Waals surface area (Å²) in [7, 11) is 0. The average molecular weight is 238 g/mol. The zero-order valence-corrected chi connectivity index (χ0v) is 10.7. The van der Waals surface area contributed by atoms with Crippen LogP contribution in [0.15, 0.2) is 11.6 Å². The van der Waals surface area contributed by atoms with Gasteiger partial charge in [0.25, 0.3) is 0 Å². The Morgan fingerprint density at radius 3 is 2.12 bits per heavy atom. The topological polar surface area (TPSA) is 38.7 Å². The molecule has 1 heterocycles. The summed E-state index contributed by atoms with van der Waals surface area (Å²) in [5.41, 5.74) is 0.752. The fourth-order valence-electron chi connectivity index (χ4n) is 3.39. The highest BCUT2D eigenvalue weighted by Crippen LogP contribution is 2.49. The smallest absolute Gasteiger partial charge is 0.169 e. The number of ether oxygens (including phenoxy) is 2. The van der Waals surface area contributed by atoms with E-state index in [1.165, 1.54) is 18.4 Å². The van der Waals surface area contributed by atoms with Crippen LogP contribution in [0.4, 0.5) is 0 Å². The number of rotatable bonds is 1. The first kappa shape index (κ1) is 11.7. The van der Waals surface area contributed by atoms with E-state index in [-0.39, 0.29) is 11.8 Å². The fraction of sp³-hybridized carbons (Fsp3) is 0.857. The maximum absolute atomic E-state index is 10.9. The van der Waals surface area contributed by atoms with Crippen molar-refractivity contribution in [2.75, 3.05) is 13.2 Å². The molecule has 1 aliphatic heterocycles. The largest absolute Gasteiger partial charge is 0.385 e. The maximum Gasteiger partial charge on any atom is 0.169 e. The minimum absolute atomic E-state index is 0.192. The second-order valence-corrected chi connectivity index (χ2v) is 6.01. The van der Waals surface area contributed by atoms with Crippen molar-refractivity contribution in [1.29, 1.82) is 0 Å². The molecule has 0 bridgehead atoms. The highest BCUT2D eigenvalue weighted by molar-refractivity contribution is 5.24. The molecule has 1 N–H and O–H groups in total. The van der Waals surface area contributed by atoms with Gasteiger partial charge in [-0.3, -0.25) is 0 Å². The second kappa shape index (κ2) is 3.81. The molecular formula is C14H22O3. The van der Waals surface area contributed by atoms with E-state index in [0.29, 0.717) is 13.2 Å². The van der Waals surface area contributed by atoms with E-state index < -0.39 is 11.4 Å². The molecule has 0 aromatic heterocycles. The van der Waals surface area contributed by atoms with E-state index in [2.05, 4.69) is 19.9 Å². The minimum atomic E-state index is -0.660. The van der Waals surface area contributed by atoms with Gasteiger partial charge in [-0.1, -0.05) is 25.5 Å². The number of aliphatic hydroxyl groups is 1. The summed E-state index contributed by atoms with van der Waals surface area (Å²) < 4.78 is 11.6. The number of allylic oxidation sites excluding steroid dienone is 1. The first-order valence-corrected chi connectivity index (χ1v) is 6.75. The molecule has 0 radical (unpaired) electrons. The van der Waals surface area contributed by atoms with Crippen LogP contribution in [0.25, 0.3) is 0 Å². The monoisotopic (exact) mass is 238 g/mol. The van der Waals surface area contributed by atoms with Crippen molar-refractivity contribution in [2.45, 2.75) is 50.9 Å². The van der Waals surface area contributed by atoms with Crippen LogP contribution < -0.4 is 0 Å². The second-order valence-electron chi connectivity index (χ2n) is 6.01. The van der Waals surface area contributed by atoms with Gasteiger partial charge in [0.05, 0.1) is 18.8 Å². The van der Waals surface area contributed by atoms with Crippen LogP contribution in [0.5, 0.6) is 0 Å². The third-order valence-electron chi connectivity index (χ3n) is 4.60. The molecule has 0 aromatic carbocycles. The molecule has 0 aromatic rings. The van der Waals surface area contributed by atoms with Gasteiger partial charge in [0.15, 0.2) is 5.79 Å². The van der Waals surface area contributed by atoms with E-state index in [1.807, 2.05) is 0 Å². The van der Waals surface area contributed by atoms with Gasteiger partial charge < -0.3 is 14.6 Å². The van der Waals surface area contributed by atoms with Crippen molar-refractivity contribution in [2.24, 2.45) is 11.8 Å². The molecule has 2 aliphatic carbocycles. The summed E-state index contributed by atoms with van der Waals surface area (Å²) in [6, 6.07) is 0. The lowest BCUT2D eigenvalue weighted by atomic mass is 9.67. The minimum Gasteiger partial charge on any atom is -0.385 e. The lowest BCUT2D eigenvalue weighted by Crippen LogP contribution is -2.53. The predicted octanol–water partition coefficient (Wildman–Crippen LogP) is 2.25. The van der Waals surface area contributed by atoms with Crippen LogP contribution in [0, 0.1) is 11.8 Å². The van der Waals surface area contributed by atoms with Gasteiger partial charge in [-0.15, -0.1) is 0 Å². The molecule has 2 saturated carbocycles. The van der Waals surface area contributed by atoms with Crippen molar-refractivity contribution in [3.05, 3.63) is 11.6 Å². The van der Waals surface area contributed by atoms with Crippen LogP contribution in [0.2, 0.25) is 0 Å². The van der Waals surface area contributed by atoms with E-state index in [1.54, 1.807) is 0 Å². The standard InChI is InChI=1S/C14H22O3/c1-10-7-13(16-5-6-17-13)8-11(2)14(10,15)9-12-3-4-12/h9-11,15H,3-8H2,1-2H3/t10-,11-/m1/s1. The van der Waals surface area contributed by atoms with Gasteiger partial charge in [-0.25, -0.2) is 0 Å². The highest BCUT2D eigenvalue weighted by atomic mass is 16.7. The molecule has 3 nitrogen and oxygen atoms in total. The molecule has 0 amide bonds. The maximum atomic E-state index is 10.9. The first-order chi connectivity index (χ1) is 8.04. The van der Waals surface area contributed by atoms with Crippen LogP contribution in [-0.4, -0.2) is 29.7 Å². The zero-order valence-electron chi connectivity index (χ0n) is 10.7. The van der Waals surface area contributed by atoms with E-state index in [9.17, 15) is 5.11 Å². The predicted molar refractivity (Wildman–Crippen MR) is 64.5 cm³/mol. The molecule has 2 atom stereocenters. The third-order valence-corrected chi connectivity index (χ3v) is 4.60. The van der Waals surface area contributed by atoms with E-state index in [4.69, 9.17) is 9.47 Å². The van der Waals surface area contributed by atoms with Crippen molar-refractivity contribution in [1.82, 2.24) is 0 Å². The number of hydrogen-bond acceptors (Lipinski definition) is 3. The van der Waals surface area contributed by atoms with Crippen molar-refractivity contribution >= 4 is 0 Å². The third kappa shape index (κ3) is 1.94. The first-order valence-electron chi connectivity index (χ1n) is 6.75. The Hall–Kier alpha value is -0.380. The van der Waals surface area contributed by atoms with Crippen molar-refractivity contribution < 1.29 is 14.6 Å². The van der Waals surface area contributed by atoms with Crippen molar-refractivity contribution in [3.8, 4) is 0 Å². The van der Waals surface area contributed by atoms with Crippen LogP contribution in [0.1, 0.15) is 39.5 Å². The number of hydrogen-bond donors (Lipinski definition) is 1. The fourth-order valence-corrected chi connectivity index (χ4v) is 3.39. The Bertz CT molecular complexity index is 321. The Morgan fingerprint density at radius 1 is 1.12 bits per heavy atom. The summed E-state index contributed by atoms with van der Waals surface area (Å²) >= 11 is 0. The Morgan fingerprint density at radius 2 is 1.65 bits per heavy atom. The van der Waals surface area contributed by atoms with Crippen molar-refractivity contribution in [3.63, 3.8) is 0 Å². The molecule has 96 valence electrons. The Balaban J connectivity index is 1.82. The van der Waals surface area contributed by atoms with E-state index in [0.717, 1.165) is 12.8 Å². The Labute approximate surface area is 103 Å². The molecule has 3 fully saturated rings. The summed E-state index contributed by atoms with van der Waals surface area (Å²) in [6.07, 6.45) is 6.05. The molecule has 3 rings (SSSR count).